The van der Waals surface area contributed by atoms with Crippen LogP contribution in [0.1, 0.15) is 16.1 Å². The van der Waals surface area contributed by atoms with Gasteiger partial charge in [-0.1, -0.05) is 22.0 Å². The number of carbonyl (C=O) groups excluding carboxylic acids is 1. The predicted molar refractivity (Wildman–Crippen MR) is 122 cm³/mol. The number of sulfonamides is 1. The smallest absolute Gasteiger partial charge is 0.376 e. The summed E-state index contributed by atoms with van der Waals surface area (Å²) in [7, 11) is -4.52. The maximum atomic E-state index is 12.9. The molecule has 29 heavy (non-hydrogen) atoms. The molecule has 1 aliphatic rings. The van der Waals surface area contributed by atoms with E-state index < -0.39 is 17.1 Å². The van der Waals surface area contributed by atoms with E-state index in [2.05, 4.69) is 41.9 Å². The second kappa shape index (κ2) is 9.59. The Labute approximate surface area is 191 Å². The van der Waals surface area contributed by atoms with Crippen LogP contribution < -0.4 is 10.0 Å². The summed E-state index contributed by atoms with van der Waals surface area (Å²) in [4.78, 5) is 14.7. The summed E-state index contributed by atoms with van der Waals surface area (Å²) in [6, 6.07) is 7.93. The Morgan fingerprint density at radius 3 is 2.79 bits per heavy atom. The van der Waals surface area contributed by atoms with E-state index in [1.54, 1.807) is 29.8 Å². The molecule has 0 saturated carbocycles. The molecule has 1 aliphatic heterocycles. The second-order valence-electron chi connectivity index (χ2n) is 6.80. The third-order valence-corrected chi connectivity index (χ3v) is 8.56. The van der Waals surface area contributed by atoms with Crippen molar-refractivity contribution in [1.82, 2.24) is 14.8 Å². The topological polar surface area (TPSA) is 98.7 Å². The second-order valence-corrected chi connectivity index (χ2v) is 11.2. The summed E-state index contributed by atoms with van der Waals surface area (Å²) in [5.41, 5.74) is 0. The first-order valence-corrected chi connectivity index (χ1v) is 12.8. The molecule has 12 heteroatoms. The van der Waals surface area contributed by atoms with Crippen molar-refractivity contribution in [1.29, 1.82) is 0 Å². The average molecular weight is 565 g/mol. The van der Waals surface area contributed by atoms with Gasteiger partial charge >= 0.3 is 7.05 Å². The van der Waals surface area contributed by atoms with Gasteiger partial charge in [0.15, 0.2) is 0 Å². The third-order valence-electron chi connectivity index (χ3n) is 4.68. The molecule has 2 atom stereocenters. The minimum atomic E-state index is -3.76. The Hall–Kier alpha value is -0.755. The van der Waals surface area contributed by atoms with Gasteiger partial charge in [-0.15, -0.1) is 11.3 Å². The van der Waals surface area contributed by atoms with Gasteiger partial charge in [-0.3, -0.25) is 4.79 Å². The number of hydrogen-bond acceptors (Lipinski definition) is 6. The van der Waals surface area contributed by atoms with Crippen LogP contribution in [0.5, 0.6) is 0 Å². The number of amides is 1. The molecular weight excluding hydrogens is 545 g/mol. The Bertz CT molecular complexity index is 973. The summed E-state index contributed by atoms with van der Waals surface area (Å²) in [6.07, 6.45) is 0.473. The van der Waals surface area contributed by atoms with E-state index in [9.17, 15) is 18.2 Å². The number of nitrogens with one attached hydrogen (secondary N) is 2. The van der Waals surface area contributed by atoms with Gasteiger partial charge in [-0.05, 0) is 58.8 Å². The minimum Gasteiger partial charge on any atom is -0.437 e. The van der Waals surface area contributed by atoms with Crippen molar-refractivity contribution in [3.05, 3.63) is 49.5 Å². The van der Waals surface area contributed by atoms with Gasteiger partial charge in [0.25, 0.3) is 5.91 Å². The van der Waals surface area contributed by atoms with E-state index in [-0.39, 0.29) is 22.9 Å². The highest BCUT2D eigenvalue weighted by molar-refractivity contribution is 9.11. The summed E-state index contributed by atoms with van der Waals surface area (Å²) in [6.45, 7) is 2.30. The van der Waals surface area contributed by atoms with E-state index >= 15 is 0 Å². The molecule has 0 unspecified atom stereocenters. The highest BCUT2D eigenvalue weighted by Gasteiger charge is 2.38. The highest BCUT2D eigenvalue weighted by atomic mass is 79.9. The van der Waals surface area contributed by atoms with Crippen LogP contribution in [0.2, 0.25) is 6.82 Å². The van der Waals surface area contributed by atoms with E-state index in [1.807, 2.05) is 11.4 Å². The van der Waals surface area contributed by atoms with Crippen LogP contribution in [0.15, 0.2) is 49.6 Å². The summed E-state index contributed by atoms with van der Waals surface area (Å²) < 4.78 is 29.6. The quantitative estimate of drug-likeness (QED) is 0.449. The molecule has 3 N–H and O–H groups in total. The lowest BCUT2D eigenvalue weighted by atomic mass is 9.84. The lowest BCUT2D eigenvalue weighted by molar-refractivity contribution is 0.0949. The largest absolute Gasteiger partial charge is 0.437 e. The van der Waals surface area contributed by atoms with Gasteiger partial charge in [-0.25, -0.2) is 13.1 Å². The van der Waals surface area contributed by atoms with E-state index in [1.165, 1.54) is 17.4 Å². The van der Waals surface area contributed by atoms with Crippen LogP contribution in [0, 0.1) is 0 Å². The van der Waals surface area contributed by atoms with Crippen LogP contribution >= 0.6 is 43.2 Å². The van der Waals surface area contributed by atoms with Crippen LogP contribution in [0.3, 0.4) is 0 Å². The molecule has 156 valence electrons. The number of carbonyl (C=O) groups is 1. The van der Waals surface area contributed by atoms with E-state index in [0.29, 0.717) is 33.3 Å². The molecule has 0 aliphatic carbocycles. The van der Waals surface area contributed by atoms with Gasteiger partial charge in [0.05, 0.1) is 9.77 Å². The van der Waals surface area contributed by atoms with Crippen molar-refractivity contribution >= 4 is 66.2 Å². The Morgan fingerprint density at radius 2 is 2.14 bits per heavy atom. The zero-order chi connectivity index (χ0) is 21.2. The SMILES string of the molecule is CB(O)N1C[C@H](NS(=O)(=O)c2cc(Br)ccc2Br)C[C@@H]1CNC(=O)c1cccs1. The van der Waals surface area contributed by atoms with Crippen molar-refractivity contribution in [3.63, 3.8) is 0 Å². The van der Waals surface area contributed by atoms with Crippen molar-refractivity contribution in [2.45, 2.75) is 30.2 Å². The van der Waals surface area contributed by atoms with Gasteiger partial charge in [0.2, 0.25) is 10.0 Å². The van der Waals surface area contributed by atoms with Crippen molar-refractivity contribution < 1.29 is 18.2 Å². The maximum absolute atomic E-state index is 12.9. The zero-order valence-electron chi connectivity index (χ0n) is 15.5. The van der Waals surface area contributed by atoms with E-state index in [0.717, 1.165) is 0 Å². The fraction of sp³-hybridized carbons (Fsp3) is 0.353. The number of rotatable bonds is 7. The zero-order valence-corrected chi connectivity index (χ0v) is 20.3. The number of benzene rings is 1. The molecule has 2 aromatic rings. The third kappa shape index (κ3) is 5.69. The minimum absolute atomic E-state index is 0.143. The molecule has 3 rings (SSSR count). The first-order chi connectivity index (χ1) is 13.7. The average Bonchev–Trinajstić information content (AvgIpc) is 3.31. The molecule has 0 bridgehead atoms. The van der Waals surface area contributed by atoms with Gasteiger partial charge < -0.3 is 15.2 Å². The fourth-order valence-corrected chi connectivity index (χ4v) is 6.74. The molecule has 1 fully saturated rings. The molecule has 2 heterocycles. The number of thiophene rings is 1. The molecule has 7 nitrogen and oxygen atoms in total. The van der Waals surface area contributed by atoms with E-state index in [4.69, 9.17) is 0 Å². The van der Waals surface area contributed by atoms with Crippen molar-refractivity contribution in [3.8, 4) is 0 Å². The van der Waals surface area contributed by atoms with Crippen LogP contribution in [0.25, 0.3) is 0 Å². The summed E-state index contributed by atoms with van der Waals surface area (Å²) in [5, 5.41) is 14.8. The lowest BCUT2D eigenvalue weighted by Crippen LogP contribution is -2.46. The Kier molecular flexibility index (Phi) is 7.58. The monoisotopic (exact) mass is 563 g/mol. The number of hydrogen-bond donors (Lipinski definition) is 3. The molecule has 0 radical (unpaired) electrons. The highest BCUT2D eigenvalue weighted by Crippen LogP contribution is 2.27. The van der Waals surface area contributed by atoms with Crippen molar-refractivity contribution in [2.24, 2.45) is 0 Å². The lowest BCUT2D eigenvalue weighted by Gasteiger charge is -2.25. The van der Waals surface area contributed by atoms with Crippen LogP contribution in [0.4, 0.5) is 0 Å². The van der Waals surface area contributed by atoms with Gasteiger partial charge in [0, 0.05) is 34.1 Å². The predicted octanol–water partition coefficient (Wildman–Crippen LogP) is 2.53. The number of nitrogens with zero attached hydrogens (tertiary/aromatic N) is 1. The first kappa shape index (κ1) is 22.9. The molecule has 1 saturated heterocycles. The number of halogens is 2. The molecule has 1 amide bonds. The maximum Gasteiger partial charge on any atom is 0.376 e. The summed E-state index contributed by atoms with van der Waals surface area (Å²) in [5.74, 6) is -0.173. The van der Waals surface area contributed by atoms with Gasteiger partial charge in [-0.2, -0.15) is 0 Å². The summed E-state index contributed by atoms with van der Waals surface area (Å²) >= 11 is 7.94. The molecule has 1 aromatic carbocycles. The Morgan fingerprint density at radius 1 is 1.38 bits per heavy atom. The van der Waals surface area contributed by atoms with Crippen molar-refractivity contribution in [2.75, 3.05) is 13.1 Å². The fourth-order valence-electron chi connectivity index (χ4n) is 3.36. The van der Waals surface area contributed by atoms with Crippen LogP contribution in [-0.2, 0) is 10.0 Å². The standard InChI is InChI=1S/C17H20BBr2N3O4S2/c1-18(25)23-10-12(8-13(23)9-21-17(24)15-3-2-6-28-15)22-29(26,27)16-7-11(19)4-5-14(16)20/h2-7,12-13,22,25H,8-10H2,1H3,(H,21,24)/t12-,13-/m1/s1. The first-order valence-electron chi connectivity index (χ1n) is 8.90. The molecule has 1 aromatic heterocycles. The molecular formula is C17H20BBr2N3O4S2. The Balaban J connectivity index is 1.68. The normalized spacial score (nSPS) is 20.0. The van der Waals surface area contributed by atoms with Crippen LogP contribution in [-0.4, -0.2) is 56.4 Å². The van der Waals surface area contributed by atoms with Gasteiger partial charge in [0.1, 0.15) is 0 Å². The molecule has 0 spiro atoms.